The van der Waals surface area contributed by atoms with Crippen LogP contribution in [0.5, 0.6) is 0 Å². The summed E-state index contributed by atoms with van der Waals surface area (Å²) in [5.41, 5.74) is 8.88. The topological polar surface area (TPSA) is 75.2 Å². The Morgan fingerprint density at radius 2 is 0.700 bits per heavy atom. The van der Waals surface area contributed by atoms with Gasteiger partial charge in [-0.3, -0.25) is 9.97 Å². The summed E-state index contributed by atoms with van der Waals surface area (Å²) < 4.78 is 0. The molecule has 190 valence electrons. The number of hydrogen-bond acceptors (Lipinski definition) is 6. The quantitative estimate of drug-likeness (QED) is 0.198. The maximum atomic E-state index is 4.61. The number of hydrogen-bond donors (Lipinski definition) is 0. The lowest BCUT2D eigenvalue weighted by Gasteiger charge is -2.08. The molecule has 6 rings (SSSR count). The largest absolute Gasteiger partial charge is 0.255 e. The van der Waals surface area contributed by atoms with Gasteiger partial charge >= 0.3 is 0 Å². The van der Waals surface area contributed by atoms with Crippen LogP contribution in [0.2, 0.25) is 0 Å². The van der Waals surface area contributed by atoms with E-state index in [0.29, 0.717) is 0 Å². The Bertz CT molecular complexity index is 1660. The van der Waals surface area contributed by atoms with Crippen LogP contribution in [0.3, 0.4) is 0 Å². The van der Waals surface area contributed by atoms with E-state index in [4.69, 9.17) is 0 Å². The smallest absolute Gasteiger partial charge is 0.0892 e. The minimum Gasteiger partial charge on any atom is -0.255 e. The number of azo groups is 2. The van der Waals surface area contributed by atoms with Gasteiger partial charge in [-0.15, -0.1) is 0 Å². The van der Waals surface area contributed by atoms with E-state index in [9.17, 15) is 0 Å². The van der Waals surface area contributed by atoms with Crippen molar-refractivity contribution in [3.05, 3.63) is 146 Å². The summed E-state index contributed by atoms with van der Waals surface area (Å²) in [5.74, 6) is 0. The van der Waals surface area contributed by atoms with Crippen molar-refractivity contribution < 1.29 is 0 Å². The molecule has 0 spiro atoms. The fourth-order valence-electron chi connectivity index (χ4n) is 4.22. The molecular formula is C34H24N6. The van der Waals surface area contributed by atoms with Crippen LogP contribution in [0.1, 0.15) is 0 Å². The van der Waals surface area contributed by atoms with Gasteiger partial charge < -0.3 is 0 Å². The number of rotatable bonds is 7. The molecule has 0 radical (unpaired) electrons. The van der Waals surface area contributed by atoms with Crippen molar-refractivity contribution in [3.63, 3.8) is 0 Å². The average molecular weight is 517 g/mol. The van der Waals surface area contributed by atoms with Crippen LogP contribution in [-0.4, -0.2) is 9.97 Å². The summed E-state index contributed by atoms with van der Waals surface area (Å²) in [6, 6.07) is 43.5. The predicted octanol–water partition coefficient (Wildman–Crippen LogP) is 10.3. The first-order chi connectivity index (χ1) is 19.8. The normalized spacial score (nSPS) is 11.3. The second-order valence-electron chi connectivity index (χ2n) is 9.03. The van der Waals surface area contributed by atoms with Gasteiger partial charge in [0.2, 0.25) is 0 Å². The van der Waals surface area contributed by atoms with E-state index < -0.39 is 0 Å². The molecule has 2 aromatic heterocycles. The first kappa shape index (κ1) is 24.7. The minimum atomic E-state index is 0.782. The molecule has 0 bridgehead atoms. The second-order valence-corrected chi connectivity index (χ2v) is 9.03. The van der Waals surface area contributed by atoms with Crippen molar-refractivity contribution >= 4 is 22.7 Å². The van der Waals surface area contributed by atoms with Gasteiger partial charge in [0, 0.05) is 12.4 Å². The Morgan fingerprint density at radius 3 is 1.15 bits per heavy atom. The highest BCUT2D eigenvalue weighted by molar-refractivity contribution is 5.74. The molecule has 6 aromatic rings. The fraction of sp³-hybridized carbons (Fsp3) is 0. The molecule has 0 saturated carbocycles. The Morgan fingerprint density at radius 1 is 0.325 bits per heavy atom. The Labute approximate surface area is 232 Å². The van der Waals surface area contributed by atoms with Crippen molar-refractivity contribution in [1.29, 1.82) is 0 Å². The number of nitrogens with zero attached hydrogens (tertiary/aromatic N) is 6. The standard InChI is InChI=1S/C34H24N6/c1-3-11-29(12-4-1)37-39-31-15-7-9-25(21-31)27-17-19-35-33(23-27)34-24-28(18-20-36-34)26-10-8-16-32(22-26)40-38-30-13-5-2-6-14-30/h1-24H. The van der Waals surface area contributed by atoms with E-state index in [1.807, 2.05) is 134 Å². The van der Waals surface area contributed by atoms with E-state index in [1.165, 1.54) is 0 Å². The molecule has 0 aliphatic heterocycles. The molecule has 0 aliphatic rings. The molecule has 0 saturated heterocycles. The lowest BCUT2D eigenvalue weighted by atomic mass is 10.0. The van der Waals surface area contributed by atoms with E-state index >= 15 is 0 Å². The molecule has 0 N–H and O–H groups in total. The minimum absolute atomic E-state index is 0.782. The van der Waals surface area contributed by atoms with Crippen molar-refractivity contribution in [2.75, 3.05) is 0 Å². The van der Waals surface area contributed by atoms with Gasteiger partial charge in [-0.05, 0) is 95.1 Å². The van der Waals surface area contributed by atoms with Crippen LogP contribution in [0.15, 0.2) is 166 Å². The summed E-state index contributed by atoms with van der Waals surface area (Å²) >= 11 is 0. The van der Waals surface area contributed by atoms with E-state index in [0.717, 1.165) is 56.4 Å². The van der Waals surface area contributed by atoms with Crippen molar-refractivity contribution in [2.24, 2.45) is 20.5 Å². The van der Waals surface area contributed by atoms with Crippen molar-refractivity contribution in [3.8, 4) is 33.6 Å². The molecule has 0 fully saturated rings. The second kappa shape index (κ2) is 11.8. The van der Waals surface area contributed by atoms with Gasteiger partial charge in [0.05, 0.1) is 34.1 Å². The highest BCUT2D eigenvalue weighted by Gasteiger charge is 2.08. The molecule has 6 heteroatoms. The number of pyridine rings is 2. The van der Waals surface area contributed by atoms with Gasteiger partial charge in [-0.1, -0.05) is 60.7 Å². The summed E-state index contributed by atoms with van der Waals surface area (Å²) in [6.07, 6.45) is 3.61. The monoisotopic (exact) mass is 516 g/mol. The van der Waals surface area contributed by atoms with Gasteiger partial charge in [-0.2, -0.15) is 20.5 Å². The van der Waals surface area contributed by atoms with Crippen LogP contribution < -0.4 is 0 Å². The Hall–Kier alpha value is -5.62. The van der Waals surface area contributed by atoms with Gasteiger partial charge in [0.25, 0.3) is 0 Å². The van der Waals surface area contributed by atoms with Gasteiger partial charge in [0.1, 0.15) is 0 Å². The highest BCUT2D eigenvalue weighted by atomic mass is 15.1. The molecule has 40 heavy (non-hydrogen) atoms. The summed E-state index contributed by atoms with van der Waals surface area (Å²) in [5, 5.41) is 17.5. The predicted molar refractivity (Wildman–Crippen MR) is 160 cm³/mol. The maximum Gasteiger partial charge on any atom is 0.0892 e. The SMILES string of the molecule is c1ccc(N=Nc2cccc(-c3ccnc(-c4cc(-c5cccc(N=Nc6ccccc6)c5)ccn4)c3)c2)cc1. The lowest BCUT2D eigenvalue weighted by Crippen LogP contribution is -1.89. The van der Waals surface area contributed by atoms with Gasteiger partial charge in [-0.25, -0.2) is 0 Å². The van der Waals surface area contributed by atoms with Crippen LogP contribution in [-0.2, 0) is 0 Å². The van der Waals surface area contributed by atoms with E-state index in [-0.39, 0.29) is 0 Å². The molecule has 4 aromatic carbocycles. The van der Waals surface area contributed by atoms with E-state index in [1.54, 1.807) is 0 Å². The first-order valence-electron chi connectivity index (χ1n) is 12.9. The number of aromatic nitrogens is 2. The molecule has 2 heterocycles. The van der Waals surface area contributed by atoms with E-state index in [2.05, 4.69) is 42.6 Å². The summed E-state index contributed by atoms with van der Waals surface area (Å²) in [6.45, 7) is 0. The summed E-state index contributed by atoms with van der Waals surface area (Å²) in [7, 11) is 0. The van der Waals surface area contributed by atoms with Gasteiger partial charge in [0.15, 0.2) is 0 Å². The van der Waals surface area contributed by atoms with Crippen LogP contribution in [0, 0.1) is 0 Å². The third kappa shape index (κ3) is 6.09. The average Bonchev–Trinajstić information content (AvgIpc) is 3.04. The third-order valence-corrected chi connectivity index (χ3v) is 6.22. The zero-order valence-corrected chi connectivity index (χ0v) is 21.5. The Kier molecular flexibility index (Phi) is 7.31. The zero-order valence-electron chi connectivity index (χ0n) is 21.5. The molecule has 0 atom stereocenters. The molecule has 0 unspecified atom stereocenters. The van der Waals surface area contributed by atoms with Crippen molar-refractivity contribution in [1.82, 2.24) is 9.97 Å². The number of benzene rings is 4. The molecule has 0 amide bonds. The highest BCUT2D eigenvalue weighted by Crippen LogP contribution is 2.30. The fourth-order valence-corrected chi connectivity index (χ4v) is 4.22. The van der Waals surface area contributed by atoms with Crippen LogP contribution in [0.25, 0.3) is 33.6 Å². The van der Waals surface area contributed by atoms with Crippen molar-refractivity contribution in [2.45, 2.75) is 0 Å². The van der Waals surface area contributed by atoms with Crippen LogP contribution in [0.4, 0.5) is 22.7 Å². The summed E-state index contributed by atoms with van der Waals surface area (Å²) in [4.78, 5) is 9.22. The maximum absolute atomic E-state index is 4.61. The molecule has 6 nitrogen and oxygen atoms in total. The molecular weight excluding hydrogens is 492 g/mol. The Balaban J connectivity index is 1.25. The lowest BCUT2D eigenvalue weighted by molar-refractivity contribution is 1.23. The van der Waals surface area contributed by atoms with Crippen LogP contribution >= 0.6 is 0 Å². The first-order valence-corrected chi connectivity index (χ1v) is 12.9. The molecule has 0 aliphatic carbocycles. The third-order valence-electron chi connectivity index (χ3n) is 6.22. The zero-order chi connectivity index (χ0) is 27.0.